The van der Waals surface area contributed by atoms with E-state index in [2.05, 4.69) is 24.9 Å². The number of likely N-dealkylation sites (N-methyl/N-ethyl adjacent to an activating group) is 1. The van der Waals surface area contributed by atoms with Crippen LogP contribution in [0.25, 0.3) is 0 Å². The van der Waals surface area contributed by atoms with Crippen molar-refractivity contribution in [3.05, 3.63) is 23.3 Å². The molecule has 0 amide bonds. The predicted octanol–water partition coefficient (Wildman–Crippen LogP) is 2.32. The van der Waals surface area contributed by atoms with E-state index < -0.39 is 0 Å². The second kappa shape index (κ2) is 7.52. The molecule has 0 aromatic heterocycles. The summed E-state index contributed by atoms with van der Waals surface area (Å²) >= 11 is 0. The van der Waals surface area contributed by atoms with Crippen LogP contribution >= 0.6 is 0 Å². The molecule has 1 unspecified atom stereocenters. The van der Waals surface area contributed by atoms with Crippen molar-refractivity contribution in [1.29, 1.82) is 0 Å². The van der Waals surface area contributed by atoms with Gasteiger partial charge in [0, 0.05) is 23.6 Å². The summed E-state index contributed by atoms with van der Waals surface area (Å²) in [6.07, 6.45) is 3.93. The van der Waals surface area contributed by atoms with Crippen LogP contribution in [0.15, 0.2) is 12.1 Å². The van der Waals surface area contributed by atoms with E-state index in [0.717, 1.165) is 37.8 Å². The molecule has 1 saturated heterocycles. The van der Waals surface area contributed by atoms with Crippen LogP contribution in [0, 0.1) is 5.92 Å². The molecule has 1 aromatic rings. The fourth-order valence-corrected chi connectivity index (χ4v) is 5.20. The van der Waals surface area contributed by atoms with Gasteiger partial charge in [-0.1, -0.05) is 13.0 Å². The molecule has 0 saturated carbocycles. The van der Waals surface area contributed by atoms with Crippen molar-refractivity contribution in [2.45, 2.75) is 44.1 Å². The third-order valence-corrected chi connectivity index (χ3v) is 6.46. The Kier molecular flexibility index (Phi) is 5.56. The normalized spacial score (nSPS) is 28.6. The summed E-state index contributed by atoms with van der Waals surface area (Å²) < 4.78 is 11.0. The van der Waals surface area contributed by atoms with Crippen LogP contribution in [0.5, 0.6) is 11.5 Å². The van der Waals surface area contributed by atoms with Crippen molar-refractivity contribution >= 4 is 0 Å². The number of hydrogen-bond donors (Lipinski definition) is 2. The second-order valence-corrected chi connectivity index (χ2v) is 7.39. The maximum Gasteiger partial charge on any atom is 0.161 e. The SMILES string of the molecule is CC[C@]12CCN(C)[C@H](Cc3ccc(OC)c(O)c31)C2CCOCCO. The van der Waals surface area contributed by atoms with E-state index in [4.69, 9.17) is 14.6 Å². The van der Waals surface area contributed by atoms with Gasteiger partial charge in [0.1, 0.15) is 0 Å². The lowest BCUT2D eigenvalue weighted by Gasteiger charge is -2.56. The molecule has 3 rings (SSSR count). The van der Waals surface area contributed by atoms with Gasteiger partial charge in [0.15, 0.2) is 11.5 Å². The number of piperidine rings is 1. The number of methoxy groups -OCH3 is 1. The van der Waals surface area contributed by atoms with E-state index in [9.17, 15) is 5.11 Å². The number of aliphatic hydroxyl groups excluding tert-OH is 1. The summed E-state index contributed by atoms with van der Waals surface area (Å²) in [4.78, 5) is 2.47. The molecular weight excluding hydrogens is 318 g/mol. The number of benzene rings is 1. The van der Waals surface area contributed by atoms with Crippen molar-refractivity contribution in [2.75, 3.05) is 40.5 Å². The van der Waals surface area contributed by atoms with Gasteiger partial charge in [0.05, 0.1) is 20.3 Å². The molecule has 25 heavy (non-hydrogen) atoms. The maximum atomic E-state index is 10.9. The van der Waals surface area contributed by atoms with Crippen LogP contribution in [0.1, 0.15) is 37.3 Å². The van der Waals surface area contributed by atoms with Crippen LogP contribution in [0.3, 0.4) is 0 Å². The van der Waals surface area contributed by atoms with Gasteiger partial charge < -0.3 is 24.6 Å². The van der Waals surface area contributed by atoms with Crippen molar-refractivity contribution in [2.24, 2.45) is 5.92 Å². The zero-order chi connectivity index (χ0) is 18.0. The Morgan fingerprint density at radius 3 is 2.80 bits per heavy atom. The van der Waals surface area contributed by atoms with Crippen molar-refractivity contribution in [3.8, 4) is 11.5 Å². The molecule has 1 fully saturated rings. The van der Waals surface area contributed by atoms with E-state index in [1.807, 2.05) is 6.07 Å². The molecule has 2 N–H and O–H groups in total. The second-order valence-electron chi connectivity index (χ2n) is 7.39. The van der Waals surface area contributed by atoms with Gasteiger partial charge in [-0.15, -0.1) is 0 Å². The predicted molar refractivity (Wildman–Crippen MR) is 97.4 cm³/mol. The van der Waals surface area contributed by atoms with Crippen LogP contribution in [0.4, 0.5) is 0 Å². The Morgan fingerprint density at radius 2 is 2.12 bits per heavy atom. The highest BCUT2D eigenvalue weighted by molar-refractivity contribution is 5.56. The highest BCUT2D eigenvalue weighted by Gasteiger charge is 2.52. The highest BCUT2D eigenvalue weighted by atomic mass is 16.5. The van der Waals surface area contributed by atoms with Crippen molar-refractivity contribution in [1.82, 2.24) is 4.90 Å². The zero-order valence-electron chi connectivity index (χ0n) is 15.6. The summed E-state index contributed by atoms with van der Waals surface area (Å²) in [5, 5.41) is 19.9. The summed E-state index contributed by atoms with van der Waals surface area (Å²) in [7, 11) is 3.82. The highest BCUT2D eigenvalue weighted by Crippen LogP contribution is 2.56. The minimum absolute atomic E-state index is 0.0358. The third kappa shape index (κ3) is 3.03. The van der Waals surface area contributed by atoms with Crippen LogP contribution in [0.2, 0.25) is 0 Å². The number of phenolic OH excluding ortho intramolecular Hbond substituents is 1. The number of rotatable bonds is 7. The van der Waals surface area contributed by atoms with Crippen LogP contribution in [-0.2, 0) is 16.6 Å². The molecule has 5 nitrogen and oxygen atoms in total. The minimum atomic E-state index is -0.0358. The minimum Gasteiger partial charge on any atom is -0.504 e. The molecule has 2 aliphatic rings. The zero-order valence-corrected chi connectivity index (χ0v) is 15.6. The third-order valence-electron chi connectivity index (χ3n) is 6.46. The molecule has 1 aliphatic carbocycles. The molecule has 2 bridgehead atoms. The lowest BCUT2D eigenvalue weighted by atomic mass is 9.55. The Hall–Kier alpha value is -1.30. The topological polar surface area (TPSA) is 62.2 Å². The van der Waals surface area contributed by atoms with Gasteiger partial charge in [-0.2, -0.15) is 0 Å². The summed E-state index contributed by atoms with van der Waals surface area (Å²) in [6, 6.07) is 4.48. The van der Waals surface area contributed by atoms with E-state index in [1.54, 1.807) is 7.11 Å². The van der Waals surface area contributed by atoms with Gasteiger partial charge in [-0.05, 0) is 56.8 Å². The molecule has 1 heterocycles. The quantitative estimate of drug-likeness (QED) is 0.740. The molecule has 3 atom stereocenters. The number of likely N-dealkylation sites (tertiary alicyclic amines) is 1. The Balaban J connectivity index is 2.02. The number of phenols is 1. The molecule has 1 aromatic carbocycles. The first-order chi connectivity index (χ1) is 12.1. The van der Waals surface area contributed by atoms with Crippen LogP contribution < -0.4 is 4.74 Å². The van der Waals surface area contributed by atoms with Crippen LogP contribution in [-0.4, -0.2) is 61.7 Å². The summed E-state index contributed by atoms with van der Waals surface area (Å²) in [5.41, 5.74) is 2.32. The van der Waals surface area contributed by atoms with Gasteiger partial charge in [-0.25, -0.2) is 0 Å². The number of aliphatic hydroxyl groups is 1. The lowest BCUT2D eigenvalue weighted by Crippen LogP contribution is -2.58. The van der Waals surface area contributed by atoms with E-state index in [1.165, 1.54) is 5.56 Å². The number of aromatic hydroxyl groups is 1. The van der Waals surface area contributed by atoms with E-state index in [-0.39, 0.29) is 12.0 Å². The van der Waals surface area contributed by atoms with Gasteiger partial charge in [0.2, 0.25) is 0 Å². The number of fused-ring (bicyclic) bond motifs is 4. The fourth-order valence-electron chi connectivity index (χ4n) is 5.20. The maximum absolute atomic E-state index is 10.9. The Labute approximate surface area is 150 Å². The largest absolute Gasteiger partial charge is 0.504 e. The lowest BCUT2D eigenvalue weighted by molar-refractivity contribution is -0.00121. The fraction of sp³-hybridized carbons (Fsp3) is 0.700. The van der Waals surface area contributed by atoms with Gasteiger partial charge in [-0.3, -0.25) is 0 Å². The van der Waals surface area contributed by atoms with Gasteiger partial charge in [0.25, 0.3) is 0 Å². The van der Waals surface area contributed by atoms with E-state index in [0.29, 0.717) is 36.7 Å². The molecule has 0 spiro atoms. The number of ether oxygens (including phenoxy) is 2. The molecule has 140 valence electrons. The average molecular weight is 349 g/mol. The number of nitrogens with zero attached hydrogens (tertiary/aromatic N) is 1. The summed E-state index contributed by atoms with van der Waals surface area (Å²) in [6.45, 7) is 4.38. The number of hydrogen-bond acceptors (Lipinski definition) is 5. The first-order valence-corrected chi connectivity index (χ1v) is 9.37. The Morgan fingerprint density at radius 1 is 1.32 bits per heavy atom. The van der Waals surface area contributed by atoms with E-state index >= 15 is 0 Å². The first-order valence-electron chi connectivity index (χ1n) is 9.37. The molecule has 1 aliphatic heterocycles. The van der Waals surface area contributed by atoms with Crippen molar-refractivity contribution < 1.29 is 19.7 Å². The molecule has 0 radical (unpaired) electrons. The molecule has 5 heteroatoms. The summed E-state index contributed by atoms with van der Waals surface area (Å²) in [5.74, 6) is 1.32. The van der Waals surface area contributed by atoms with Crippen molar-refractivity contribution in [3.63, 3.8) is 0 Å². The Bertz CT molecular complexity index is 606. The monoisotopic (exact) mass is 349 g/mol. The first kappa shape index (κ1) is 18.5. The average Bonchev–Trinajstić information content (AvgIpc) is 2.62. The standard InChI is InChI=1S/C20H31NO4/c1-4-20-8-9-21(2)16(15(20)7-11-25-12-10-22)13-14-5-6-17(24-3)19(23)18(14)20/h5-6,15-16,22-23H,4,7-13H2,1-3H3/t15?,16-,20-/m1/s1. The molecular formula is C20H31NO4. The smallest absolute Gasteiger partial charge is 0.161 e. The van der Waals surface area contributed by atoms with Gasteiger partial charge >= 0.3 is 0 Å².